The quantitative estimate of drug-likeness (QED) is 0.278. The Balaban J connectivity index is 1.61. The fourth-order valence-electron chi connectivity index (χ4n) is 7.45. The summed E-state index contributed by atoms with van der Waals surface area (Å²) in [6.45, 7) is 0. The summed E-state index contributed by atoms with van der Waals surface area (Å²) in [6, 6.07) is 22.0. The summed E-state index contributed by atoms with van der Waals surface area (Å²) in [4.78, 5) is 0. The first-order valence-electron chi connectivity index (χ1n) is 11.4. The third-order valence-electron chi connectivity index (χ3n) is 9.08. The molecular weight excluding hydrogens is 697 g/mol. The third-order valence-corrected chi connectivity index (χ3v) is 214. The Labute approximate surface area is 185 Å². The van der Waals surface area contributed by atoms with E-state index in [0.29, 0.717) is 0 Å². The molecule has 2 aromatic rings. The zero-order valence-electron chi connectivity index (χ0n) is 18.4. The van der Waals surface area contributed by atoms with Gasteiger partial charge in [0, 0.05) is 0 Å². The standard InChI is InChI=1S/2C9H7.C4H8Si.4CH3.2Hf/c2*1-2-5-9-7-3-6-8(9)4-1;1-2-4-5-3-1;;;;;;/h2*1-7H;1-4H2;4*1H3;;. The Kier molecular flexibility index (Phi) is 5.36. The average Bonchev–Trinajstić information content (AvgIpc) is 3.45. The van der Waals surface area contributed by atoms with Gasteiger partial charge in [-0.25, -0.2) is 0 Å². The molecule has 2 atom stereocenters. The van der Waals surface area contributed by atoms with Crippen LogP contribution < -0.4 is 0 Å². The van der Waals surface area contributed by atoms with Crippen LogP contribution in [0.15, 0.2) is 60.7 Å². The molecule has 0 bridgehead atoms. The van der Waals surface area contributed by atoms with Gasteiger partial charge in [0.2, 0.25) is 0 Å². The molecule has 0 amide bonds. The van der Waals surface area contributed by atoms with Gasteiger partial charge in [-0.05, 0) is 0 Å². The number of benzene rings is 2. The maximum absolute atomic E-state index is 2.91. The van der Waals surface area contributed by atoms with Gasteiger partial charge in [0.05, 0.1) is 0 Å². The van der Waals surface area contributed by atoms with Gasteiger partial charge in [-0.15, -0.1) is 0 Å². The monoisotopic (exact) mass is 734 g/mol. The Bertz CT molecular complexity index is 920. The van der Waals surface area contributed by atoms with Crippen molar-refractivity contribution in [1.29, 1.82) is 0 Å². The van der Waals surface area contributed by atoms with Gasteiger partial charge in [0.15, 0.2) is 0 Å². The van der Waals surface area contributed by atoms with Gasteiger partial charge in [0.1, 0.15) is 0 Å². The van der Waals surface area contributed by atoms with Crippen LogP contribution in [0.25, 0.3) is 12.2 Å². The summed E-state index contributed by atoms with van der Waals surface area (Å²) in [7, 11) is 0. The summed E-state index contributed by atoms with van der Waals surface area (Å²) < 4.78 is 12.1. The van der Waals surface area contributed by atoms with Crippen LogP contribution in [0.4, 0.5) is 0 Å². The first-order chi connectivity index (χ1) is 13.9. The first-order valence-corrected chi connectivity index (χ1v) is 43.1. The van der Waals surface area contributed by atoms with Crippen LogP contribution in [0.5, 0.6) is 0 Å². The Morgan fingerprint density at radius 1 is 0.655 bits per heavy atom. The van der Waals surface area contributed by atoms with E-state index >= 15 is 0 Å². The molecule has 5 rings (SSSR count). The molecular formula is C26H34Hf2Si. The Hall–Kier alpha value is -0.123. The topological polar surface area (TPSA) is 0 Å². The molecule has 1 saturated heterocycles. The van der Waals surface area contributed by atoms with Crippen molar-refractivity contribution in [2.75, 3.05) is 0 Å². The van der Waals surface area contributed by atoms with E-state index in [2.05, 4.69) is 91.6 Å². The van der Waals surface area contributed by atoms with Gasteiger partial charge in [-0.3, -0.25) is 0 Å². The molecule has 1 heterocycles. The predicted molar refractivity (Wildman–Crippen MR) is 124 cm³/mol. The number of fused-ring (bicyclic) bond motifs is 2. The van der Waals surface area contributed by atoms with Crippen molar-refractivity contribution >= 4 is 14.6 Å². The summed E-state index contributed by atoms with van der Waals surface area (Å²) in [6.07, 6.45) is 13.3. The van der Waals surface area contributed by atoms with Crippen LogP contribution >= 0.6 is 0 Å². The summed E-state index contributed by atoms with van der Waals surface area (Å²) in [5.41, 5.74) is 6.44. The zero-order chi connectivity index (χ0) is 20.3. The number of allylic oxidation sites excluding steroid dienone is 2. The van der Waals surface area contributed by atoms with E-state index in [1.807, 2.05) is 0 Å². The molecule has 2 aliphatic carbocycles. The van der Waals surface area contributed by atoms with Crippen molar-refractivity contribution in [3.05, 3.63) is 82.9 Å². The fraction of sp³-hybridized carbons (Fsp3) is 0.385. The van der Waals surface area contributed by atoms with Crippen LogP contribution in [0.2, 0.25) is 30.8 Å². The van der Waals surface area contributed by atoms with Crippen molar-refractivity contribution in [1.82, 2.24) is 0 Å². The predicted octanol–water partition coefficient (Wildman–Crippen LogP) is 8.26. The van der Waals surface area contributed by atoms with Crippen molar-refractivity contribution in [3.8, 4) is 0 Å². The molecule has 1 aliphatic heterocycles. The third kappa shape index (κ3) is 3.00. The SMILES string of the molecule is [CH3][Hf]([CH3])([CH]1C=Cc2ccccc21)[Si]1([Hf]([CH3])([CH3])[CH]2C=Cc3ccccc32)CCCC1. The normalized spacial score (nSPS) is 24.7. The van der Waals surface area contributed by atoms with Crippen molar-refractivity contribution < 1.29 is 38.3 Å². The molecule has 0 spiro atoms. The molecule has 0 N–H and O–H groups in total. The van der Waals surface area contributed by atoms with Gasteiger partial charge in [0.25, 0.3) is 0 Å². The second-order valence-corrected chi connectivity index (χ2v) is 104. The van der Waals surface area contributed by atoms with Gasteiger partial charge >= 0.3 is 187 Å². The second kappa shape index (κ2) is 7.48. The zero-order valence-corrected chi connectivity index (χ0v) is 26.6. The van der Waals surface area contributed by atoms with Crippen LogP contribution in [-0.2, 0) is 38.3 Å². The molecule has 0 nitrogen and oxygen atoms in total. The van der Waals surface area contributed by atoms with Crippen LogP contribution in [-0.4, -0.2) is 2.45 Å². The number of hydrogen-bond acceptors (Lipinski definition) is 0. The average molecular weight is 732 g/mol. The van der Waals surface area contributed by atoms with Crippen molar-refractivity contribution in [2.45, 2.75) is 51.0 Å². The van der Waals surface area contributed by atoms with E-state index in [-0.39, 0.29) is 0 Å². The molecule has 29 heavy (non-hydrogen) atoms. The van der Waals surface area contributed by atoms with E-state index < -0.39 is 40.7 Å². The molecule has 0 aromatic heterocycles. The van der Waals surface area contributed by atoms with Gasteiger partial charge < -0.3 is 0 Å². The Morgan fingerprint density at radius 3 is 1.52 bits per heavy atom. The van der Waals surface area contributed by atoms with Crippen LogP contribution in [0, 0.1) is 0 Å². The van der Waals surface area contributed by atoms with Gasteiger partial charge in [-0.2, -0.15) is 0 Å². The van der Waals surface area contributed by atoms with E-state index in [4.69, 9.17) is 0 Å². The molecule has 150 valence electrons. The van der Waals surface area contributed by atoms with Crippen LogP contribution in [0.1, 0.15) is 42.4 Å². The molecule has 0 radical (unpaired) electrons. The van der Waals surface area contributed by atoms with Crippen molar-refractivity contribution in [2.24, 2.45) is 0 Å². The molecule has 1 fully saturated rings. The molecule has 2 unspecified atom stereocenters. The molecule has 2 aromatic carbocycles. The Morgan fingerprint density at radius 2 is 1.07 bits per heavy atom. The fourth-order valence-corrected chi connectivity index (χ4v) is 271. The van der Waals surface area contributed by atoms with Crippen LogP contribution in [0.3, 0.4) is 0 Å². The first kappa shape index (κ1) is 20.8. The molecule has 0 saturated carbocycles. The number of rotatable bonds is 4. The minimum atomic E-state index is -2.57. The van der Waals surface area contributed by atoms with E-state index in [1.54, 1.807) is 23.2 Å². The number of hydrogen-bond donors (Lipinski definition) is 0. The second-order valence-electron chi connectivity index (χ2n) is 10.7. The molecule has 3 aliphatic rings. The van der Waals surface area contributed by atoms with Gasteiger partial charge in [-0.1, -0.05) is 0 Å². The minimum absolute atomic E-state index is 0.836. The summed E-state index contributed by atoms with van der Waals surface area (Å²) >= 11 is -5.15. The summed E-state index contributed by atoms with van der Waals surface area (Å²) in [5, 5.41) is 0. The molecule has 3 heteroatoms. The van der Waals surface area contributed by atoms with E-state index in [1.165, 1.54) is 24.0 Å². The summed E-state index contributed by atoms with van der Waals surface area (Å²) in [5.74, 6) is 0. The maximum atomic E-state index is 2.91. The van der Waals surface area contributed by atoms with E-state index in [0.717, 1.165) is 7.35 Å². The van der Waals surface area contributed by atoms with Crippen molar-refractivity contribution in [3.63, 3.8) is 0 Å². The van der Waals surface area contributed by atoms with E-state index in [9.17, 15) is 0 Å².